The number of rotatable bonds is 3. The molecule has 0 saturated carbocycles. The number of benzene rings is 1. The summed E-state index contributed by atoms with van der Waals surface area (Å²) in [6, 6.07) is 8.94. The van der Waals surface area contributed by atoms with Gasteiger partial charge in [-0.1, -0.05) is 6.07 Å². The minimum absolute atomic E-state index is 0.0366. The zero-order valence-electron chi connectivity index (χ0n) is 20.8. The highest BCUT2D eigenvalue weighted by atomic mass is 19.1. The molecule has 12 heteroatoms. The average molecular weight is 519 g/mol. The summed E-state index contributed by atoms with van der Waals surface area (Å²) in [7, 11) is 0. The quantitative estimate of drug-likeness (QED) is 0.558. The minimum Gasteiger partial charge on any atom is -0.443 e. The predicted octanol–water partition coefficient (Wildman–Crippen LogP) is 2.93. The third-order valence-electron chi connectivity index (χ3n) is 6.12. The highest BCUT2D eigenvalue weighted by molar-refractivity contribution is 6.08. The Morgan fingerprint density at radius 2 is 2.00 bits per heavy atom. The van der Waals surface area contributed by atoms with Crippen LogP contribution < -0.4 is 4.90 Å². The first-order chi connectivity index (χ1) is 18.0. The Balaban J connectivity index is 1.65. The van der Waals surface area contributed by atoms with Gasteiger partial charge in [-0.25, -0.2) is 23.8 Å². The third kappa shape index (κ3) is 4.26. The van der Waals surface area contributed by atoms with Crippen molar-refractivity contribution in [2.24, 2.45) is 0 Å². The molecule has 2 aliphatic rings. The number of fused-ring (bicyclic) bond motifs is 1. The van der Waals surface area contributed by atoms with Crippen LogP contribution in [0.1, 0.15) is 48.8 Å². The summed E-state index contributed by atoms with van der Waals surface area (Å²) in [6.07, 6.45) is -0.225. The van der Waals surface area contributed by atoms with E-state index >= 15 is 0 Å². The van der Waals surface area contributed by atoms with Gasteiger partial charge < -0.3 is 9.84 Å². The molecule has 0 unspecified atom stereocenters. The molecule has 1 saturated heterocycles. The second-order valence-electron chi connectivity index (χ2n) is 9.91. The van der Waals surface area contributed by atoms with Gasteiger partial charge in [-0.2, -0.15) is 5.26 Å². The van der Waals surface area contributed by atoms with Crippen LogP contribution in [0, 0.1) is 17.1 Å². The van der Waals surface area contributed by atoms with E-state index in [4.69, 9.17) is 4.74 Å². The van der Waals surface area contributed by atoms with Crippen molar-refractivity contribution in [3.8, 4) is 23.0 Å². The zero-order valence-corrected chi connectivity index (χ0v) is 20.8. The van der Waals surface area contributed by atoms with Gasteiger partial charge >= 0.3 is 6.09 Å². The van der Waals surface area contributed by atoms with Crippen LogP contribution in [0.4, 0.5) is 15.0 Å². The fourth-order valence-corrected chi connectivity index (χ4v) is 4.42. The average Bonchev–Trinajstić information content (AvgIpc) is 3.55. The van der Waals surface area contributed by atoms with Gasteiger partial charge in [-0.3, -0.25) is 14.5 Å². The first-order valence-electron chi connectivity index (χ1n) is 11.8. The summed E-state index contributed by atoms with van der Waals surface area (Å²) in [5.74, 6) is -1.61. The fraction of sp³-hybridized carbons (Fsp3) is 0.308. The summed E-state index contributed by atoms with van der Waals surface area (Å²) in [4.78, 5) is 45.2. The Morgan fingerprint density at radius 3 is 2.66 bits per heavy atom. The standard InChI is InChI=1S/C26H23FN6O5/c1-26(2,3)38-25(37)32-13-17-22(24(32)36)18(11-16(29-17)21-14(12-28)5-4-6-15(21)27)33-10-8-20(30-33)31-9-7-19(34)23(31)35/h4-6,8,10-11,19,34H,7,9,13H2,1-3H3/t19-/m0/s1. The van der Waals surface area contributed by atoms with Crippen molar-refractivity contribution in [3.63, 3.8) is 0 Å². The van der Waals surface area contributed by atoms with Crippen LogP contribution in [0.3, 0.4) is 0 Å². The van der Waals surface area contributed by atoms with E-state index in [1.165, 1.54) is 46.1 Å². The molecule has 1 N–H and O–H groups in total. The molecule has 3 amide bonds. The maximum absolute atomic E-state index is 14.9. The van der Waals surface area contributed by atoms with Gasteiger partial charge in [0.15, 0.2) is 5.82 Å². The summed E-state index contributed by atoms with van der Waals surface area (Å²) < 4.78 is 21.6. The van der Waals surface area contributed by atoms with Crippen LogP contribution in [-0.2, 0) is 16.1 Å². The SMILES string of the molecule is CC(C)(C)OC(=O)N1Cc2nc(-c3c(F)cccc3C#N)cc(-n3ccc(N4CC[C@H](O)C4=O)n3)c2C1=O. The van der Waals surface area contributed by atoms with Crippen LogP contribution >= 0.6 is 0 Å². The number of aliphatic hydroxyl groups excluding tert-OH is 1. The van der Waals surface area contributed by atoms with E-state index < -0.39 is 35.4 Å². The molecule has 4 heterocycles. The van der Waals surface area contributed by atoms with Crippen molar-refractivity contribution in [1.29, 1.82) is 5.26 Å². The van der Waals surface area contributed by atoms with Crippen LogP contribution in [0.5, 0.6) is 0 Å². The number of amides is 3. The normalized spacial score (nSPS) is 17.1. The van der Waals surface area contributed by atoms with Crippen molar-refractivity contribution >= 4 is 23.7 Å². The number of hydrogen-bond donors (Lipinski definition) is 1. The summed E-state index contributed by atoms with van der Waals surface area (Å²) >= 11 is 0. The number of pyridine rings is 1. The van der Waals surface area contributed by atoms with Crippen molar-refractivity contribution in [2.45, 2.75) is 45.4 Å². The van der Waals surface area contributed by atoms with Gasteiger partial charge in [0.25, 0.3) is 11.8 Å². The van der Waals surface area contributed by atoms with Crippen LogP contribution in [-0.4, -0.2) is 60.9 Å². The van der Waals surface area contributed by atoms with E-state index in [2.05, 4.69) is 10.1 Å². The summed E-state index contributed by atoms with van der Waals surface area (Å²) in [5, 5.41) is 23.8. The maximum Gasteiger partial charge on any atom is 0.417 e. The minimum atomic E-state index is -1.12. The lowest BCUT2D eigenvalue weighted by Crippen LogP contribution is -2.37. The molecule has 0 aliphatic carbocycles. The Bertz CT molecular complexity index is 1540. The van der Waals surface area contributed by atoms with E-state index in [-0.39, 0.29) is 59.1 Å². The Hall–Kier alpha value is -4.63. The van der Waals surface area contributed by atoms with Gasteiger partial charge in [0.1, 0.15) is 17.5 Å². The molecule has 5 rings (SSSR count). The van der Waals surface area contributed by atoms with Crippen LogP contribution in [0.25, 0.3) is 16.9 Å². The van der Waals surface area contributed by atoms with Crippen molar-refractivity contribution in [2.75, 3.05) is 11.4 Å². The maximum atomic E-state index is 14.9. The second kappa shape index (κ2) is 9.04. The van der Waals surface area contributed by atoms with Gasteiger partial charge in [0.2, 0.25) is 0 Å². The van der Waals surface area contributed by atoms with Gasteiger partial charge in [0.05, 0.1) is 46.4 Å². The van der Waals surface area contributed by atoms with Gasteiger partial charge in [-0.15, -0.1) is 5.10 Å². The summed E-state index contributed by atoms with van der Waals surface area (Å²) in [5.41, 5.74) is -0.417. The van der Waals surface area contributed by atoms with Crippen LogP contribution in [0.2, 0.25) is 0 Å². The second-order valence-corrected chi connectivity index (χ2v) is 9.91. The van der Waals surface area contributed by atoms with Crippen LogP contribution in [0.15, 0.2) is 36.5 Å². The number of aromatic nitrogens is 3. The molecule has 11 nitrogen and oxygen atoms in total. The summed E-state index contributed by atoms with van der Waals surface area (Å²) in [6.45, 7) is 5.05. The smallest absolute Gasteiger partial charge is 0.417 e. The highest BCUT2D eigenvalue weighted by Gasteiger charge is 2.39. The molecule has 1 fully saturated rings. The lowest BCUT2D eigenvalue weighted by molar-refractivity contribution is -0.124. The third-order valence-corrected chi connectivity index (χ3v) is 6.12. The van der Waals surface area contributed by atoms with Gasteiger partial charge in [0, 0.05) is 25.2 Å². The monoisotopic (exact) mass is 518 g/mol. The highest BCUT2D eigenvalue weighted by Crippen LogP contribution is 2.34. The first-order valence-corrected chi connectivity index (χ1v) is 11.8. The molecule has 0 bridgehead atoms. The van der Waals surface area contributed by atoms with E-state index in [1.807, 2.05) is 6.07 Å². The number of halogens is 1. The molecule has 38 heavy (non-hydrogen) atoms. The first kappa shape index (κ1) is 25.0. The number of nitriles is 1. The largest absolute Gasteiger partial charge is 0.443 e. The number of carbonyl (C=O) groups excluding carboxylic acids is 3. The zero-order chi connectivity index (χ0) is 27.4. The van der Waals surface area contributed by atoms with Crippen molar-refractivity contribution < 1.29 is 28.6 Å². The van der Waals surface area contributed by atoms with E-state index in [0.29, 0.717) is 0 Å². The number of carbonyl (C=O) groups is 3. The lowest BCUT2D eigenvalue weighted by atomic mass is 10.0. The predicted molar refractivity (Wildman–Crippen MR) is 131 cm³/mol. The molecule has 1 atom stereocenters. The number of aliphatic hydroxyl groups is 1. The van der Waals surface area contributed by atoms with Crippen molar-refractivity contribution in [1.82, 2.24) is 19.7 Å². The number of ether oxygens (including phenoxy) is 1. The number of anilines is 1. The number of hydrogen-bond acceptors (Lipinski definition) is 8. The number of nitrogens with zero attached hydrogens (tertiary/aromatic N) is 6. The van der Waals surface area contributed by atoms with E-state index in [1.54, 1.807) is 20.8 Å². The molecular weight excluding hydrogens is 495 g/mol. The molecular formula is C26H23FN6O5. The molecule has 1 aromatic carbocycles. The Labute approximate surface area is 216 Å². The Kier molecular flexibility index (Phi) is 5.95. The molecule has 2 aromatic heterocycles. The molecule has 194 valence electrons. The lowest BCUT2D eigenvalue weighted by Gasteiger charge is -2.23. The Morgan fingerprint density at radius 1 is 1.24 bits per heavy atom. The van der Waals surface area contributed by atoms with E-state index in [9.17, 15) is 29.1 Å². The van der Waals surface area contributed by atoms with E-state index in [0.717, 1.165) is 4.90 Å². The molecule has 2 aliphatic heterocycles. The van der Waals surface area contributed by atoms with Gasteiger partial charge in [-0.05, 0) is 39.0 Å². The topological polar surface area (TPSA) is 142 Å². The number of imide groups is 1. The molecule has 0 radical (unpaired) electrons. The fourth-order valence-electron chi connectivity index (χ4n) is 4.42. The van der Waals surface area contributed by atoms with Crippen molar-refractivity contribution in [3.05, 3.63) is 59.2 Å². The molecule has 3 aromatic rings. The molecule has 0 spiro atoms.